The van der Waals surface area contributed by atoms with E-state index in [9.17, 15) is 23.3 Å². The Kier molecular flexibility index (Phi) is 6.37. The lowest BCUT2D eigenvalue weighted by atomic mass is 10.00. The quantitative estimate of drug-likeness (QED) is 0.297. The zero-order valence-electron chi connectivity index (χ0n) is 16.6. The lowest BCUT2D eigenvalue weighted by molar-refractivity contribution is -0.385. The summed E-state index contributed by atoms with van der Waals surface area (Å²) in [5.41, 5.74) is 0.307. The number of piperidine rings is 1. The predicted molar refractivity (Wildman–Crippen MR) is 108 cm³/mol. The van der Waals surface area contributed by atoms with Crippen LogP contribution in [-0.2, 0) is 14.8 Å². The molecule has 10 heteroatoms. The van der Waals surface area contributed by atoms with Gasteiger partial charge in [-0.3, -0.25) is 14.9 Å². The Hall–Kier alpha value is -2.98. The molecule has 1 aliphatic heterocycles. The summed E-state index contributed by atoms with van der Waals surface area (Å²) in [5.74, 6) is -0.439. The maximum atomic E-state index is 12.9. The molecule has 0 aromatic heterocycles. The van der Waals surface area contributed by atoms with Crippen molar-refractivity contribution in [1.82, 2.24) is 4.31 Å². The largest absolute Gasteiger partial charge is 0.497 e. The van der Waals surface area contributed by atoms with Gasteiger partial charge in [-0.05, 0) is 56.2 Å². The van der Waals surface area contributed by atoms with E-state index in [-0.39, 0.29) is 22.9 Å². The number of esters is 1. The molecule has 9 nitrogen and oxygen atoms in total. The lowest BCUT2D eigenvalue weighted by Crippen LogP contribution is -2.43. The van der Waals surface area contributed by atoms with E-state index >= 15 is 0 Å². The Balaban J connectivity index is 1.71. The minimum Gasteiger partial charge on any atom is -0.497 e. The Morgan fingerprint density at radius 2 is 1.83 bits per heavy atom. The molecule has 30 heavy (non-hydrogen) atoms. The van der Waals surface area contributed by atoms with Crippen LogP contribution in [0.2, 0.25) is 0 Å². The highest BCUT2D eigenvalue weighted by Crippen LogP contribution is 2.28. The average molecular weight is 434 g/mol. The Labute approximate surface area is 174 Å². The smallest absolute Gasteiger partial charge is 0.315 e. The Bertz CT molecular complexity index is 1050. The van der Waals surface area contributed by atoms with Gasteiger partial charge in [0.2, 0.25) is 10.0 Å². The van der Waals surface area contributed by atoms with Crippen LogP contribution in [-0.4, -0.2) is 43.8 Å². The summed E-state index contributed by atoms with van der Waals surface area (Å²) in [5, 5.41) is 10.9. The van der Waals surface area contributed by atoms with Gasteiger partial charge in [0.1, 0.15) is 11.5 Å². The van der Waals surface area contributed by atoms with Crippen LogP contribution in [0.3, 0.4) is 0 Å². The Morgan fingerprint density at radius 1 is 1.17 bits per heavy atom. The minimum atomic E-state index is -3.75. The first-order chi connectivity index (χ1) is 14.2. The molecular weight excluding hydrogens is 412 g/mol. The number of hydrogen-bond acceptors (Lipinski definition) is 7. The fraction of sp³-hybridized carbons (Fsp3) is 0.350. The number of sulfonamides is 1. The van der Waals surface area contributed by atoms with E-state index < -0.39 is 26.8 Å². The third kappa shape index (κ3) is 4.60. The van der Waals surface area contributed by atoms with Crippen molar-refractivity contribution in [2.75, 3.05) is 20.2 Å². The van der Waals surface area contributed by atoms with Crippen LogP contribution in [0, 0.1) is 23.0 Å². The van der Waals surface area contributed by atoms with Crippen molar-refractivity contribution in [3.8, 4) is 11.5 Å². The molecule has 0 amide bonds. The molecule has 0 spiro atoms. The summed E-state index contributed by atoms with van der Waals surface area (Å²) in [4.78, 5) is 23.1. The maximum Gasteiger partial charge on any atom is 0.315 e. The fourth-order valence-electron chi connectivity index (χ4n) is 3.35. The van der Waals surface area contributed by atoms with Crippen LogP contribution >= 0.6 is 0 Å². The third-order valence-corrected chi connectivity index (χ3v) is 6.88. The zero-order valence-corrected chi connectivity index (χ0v) is 17.4. The maximum absolute atomic E-state index is 12.9. The van der Waals surface area contributed by atoms with E-state index in [4.69, 9.17) is 9.47 Å². The lowest BCUT2D eigenvalue weighted by Gasteiger charge is -2.30. The second kappa shape index (κ2) is 8.80. The Morgan fingerprint density at radius 3 is 2.43 bits per heavy atom. The number of rotatable bonds is 6. The number of carbonyl (C=O) groups excluding carboxylic acids is 1. The number of hydrogen-bond donors (Lipinski definition) is 0. The molecular formula is C20H22N2O7S. The second-order valence-electron chi connectivity index (χ2n) is 7.00. The molecule has 160 valence electrons. The second-order valence-corrected chi connectivity index (χ2v) is 8.94. The van der Waals surface area contributed by atoms with Crippen molar-refractivity contribution in [3.05, 3.63) is 58.1 Å². The molecule has 0 saturated carbocycles. The van der Waals surface area contributed by atoms with Crippen molar-refractivity contribution in [3.63, 3.8) is 0 Å². The van der Waals surface area contributed by atoms with Crippen LogP contribution in [0.5, 0.6) is 11.5 Å². The highest BCUT2D eigenvalue weighted by molar-refractivity contribution is 7.89. The van der Waals surface area contributed by atoms with Crippen molar-refractivity contribution >= 4 is 21.7 Å². The average Bonchev–Trinajstić information content (AvgIpc) is 2.73. The van der Waals surface area contributed by atoms with E-state index in [0.29, 0.717) is 30.7 Å². The number of carbonyl (C=O) groups is 1. The van der Waals surface area contributed by atoms with Gasteiger partial charge in [0.25, 0.3) is 5.69 Å². The van der Waals surface area contributed by atoms with Crippen LogP contribution in [0.4, 0.5) is 5.69 Å². The van der Waals surface area contributed by atoms with Crippen molar-refractivity contribution < 1.29 is 27.6 Å². The number of benzene rings is 2. The molecule has 0 aliphatic carbocycles. The molecule has 1 unspecified atom stereocenters. The summed E-state index contributed by atoms with van der Waals surface area (Å²) < 4.78 is 37.6. The van der Waals surface area contributed by atoms with Gasteiger partial charge in [-0.15, -0.1) is 0 Å². The van der Waals surface area contributed by atoms with Gasteiger partial charge in [-0.1, -0.05) is 0 Å². The van der Waals surface area contributed by atoms with Gasteiger partial charge in [-0.25, -0.2) is 8.42 Å². The molecule has 1 saturated heterocycles. The first-order valence-electron chi connectivity index (χ1n) is 9.33. The summed E-state index contributed by atoms with van der Waals surface area (Å²) >= 11 is 0. The van der Waals surface area contributed by atoms with E-state index in [0.717, 1.165) is 0 Å². The SMILES string of the molecule is COc1ccc(S(=O)(=O)N2CCCC(C(=O)Oc3ccc([N+](=O)[O-])c(C)c3)C2)cc1. The minimum absolute atomic E-state index is 0.0131. The molecule has 0 radical (unpaired) electrons. The number of ether oxygens (including phenoxy) is 2. The van der Waals surface area contributed by atoms with Crippen molar-refractivity contribution in [2.24, 2.45) is 5.92 Å². The normalized spacial score (nSPS) is 17.3. The van der Waals surface area contributed by atoms with Crippen LogP contribution in [0.15, 0.2) is 47.4 Å². The van der Waals surface area contributed by atoms with Crippen molar-refractivity contribution in [1.29, 1.82) is 0 Å². The van der Waals surface area contributed by atoms with E-state index in [2.05, 4.69) is 0 Å². The molecule has 1 aliphatic rings. The van der Waals surface area contributed by atoms with Gasteiger partial charge < -0.3 is 9.47 Å². The number of nitro benzene ring substituents is 1. The first kappa shape index (κ1) is 21.7. The van der Waals surface area contributed by atoms with E-state index in [1.807, 2.05) is 0 Å². The molecule has 1 fully saturated rings. The van der Waals surface area contributed by atoms with Gasteiger partial charge in [-0.2, -0.15) is 4.31 Å². The summed E-state index contributed by atoms with van der Waals surface area (Å²) in [7, 11) is -2.26. The van der Waals surface area contributed by atoms with Gasteiger partial charge in [0.05, 0.1) is 22.8 Å². The van der Waals surface area contributed by atoms with Crippen molar-refractivity contribution in [2.45, 2.75) is 24.7 Å². The van der Waals surface area contributed by atoms with Crippen LogP contribution in [0.25, 0.3) is 0 Å². The predicted octanol–water partition coefficient (Wildman–Crippen LogP) is 2.92. The number of aryl methyl sites for hydroxylation is 1. The summed E-state index contributed by atoms with van der Waals surface area (Å²) in [6.07, 6.45) is 1.02. The van der Waals surface area contributed by atoms with Gasteiger partial charge in [0, 0.05) is 24.7 Å². The van der Waals surface area contributed by atoms with E-state index in [1.165, 1.54) is 41.7 Å². The van der Waals surface area contributed by atoms with E-state index in [1.54, 1.807) is 19.1 Å². The molecule has 0 N–H and O–H groups in total. The molecule has 2 aromatic carbocycles. The monoisotopic (exact) mass is 434 g/mol. The third-order valence-electron chi connectivity index (χ3n) is 5.00. The molecule has 3 rings (SSSR count). The summed E-state index contributed by atoms with van der Waals surface area (Å²) in [6.45, 7) is 1.88. The molecule has 1 atom stereocenters. The number of nitrogens with zero attached hydrogens (tertiary/aromatic N) is 2. The first-order valence-corrected chi connectivity index (χ1v) is 10.8. The molecule has 2 aromatic rings. The van der Waals surface area contributed by atoms with Crippen LogP contribution in [0.1, 0.15) is 18.4 Å². The standard InChI is InChI=1S/C20H22N2O7S/c1-14-12-17(7-10-19(14)22(24)25)29-20(23)15-4-3-11-21(13-15)30(26,27)18-8-5-16(28-2)6-9-18/h5-10,12,15H,3-4,11,13H2,1-2H3. The molecule has 0 bridgehead atoms. The van der Waals surface area contributed by atoms with Gasteiger partial charge in [0.15, 0.2) is 0 Å². The van der Waals surface area contributed by atoms with Gasteiger partial charge >= 0.3 is 5.97 Å². The highest BCUT2D eigenvalue weighted by Gasteiger charge is 2.34. The molecule has 1 heterocycles. The highest BCUT2D eigenvalue weighted by atomic mass is 32.2. The summed E-state index contributed by atoms with van der Waals surface area (Å²) in [6, 6.07) is 10.1. The zero-order chi connectivity index (χ0) is 21.9. The topological polar surface area (TPSA) is 116 Å². The number of nitro groups is 1. The fourth-order valence-corrected chi connectivity index (χ4v) is 4.87. The van der Waals surface area contributed by atoms with Crippen LogP contribution < -0.4 is 9.47 Å². The number of methoxy groups -OCH3 is 1.